The summed E-state index contributed by atoms with van der Waals surface area (Å²) in [6, 6.07) is 9.45. The van der Waals surface area contributed by atoms with Crippen molar-refractivity contribution in [2.75, 3.05) is 18.7 Å². The molecule has 0 atom stereocenters. The van der Waals surface area contributed by atoms with Gasteiger partial charge in [0.2, 0.25) is 0 Å². The second-order valence-electron chi connectivity index (χ2n) is 6.18. The van der Waals surface area contributed by atoms with Crippen LogP contribution >= 0.6 is 11.6 Å². The fourth-order valence-corrected chi connectivity index (χ4v) is 3.23. The summed E-state index contributed by atoms with van der Waals surface area (Å²) < 4.78 is 10.9. The summed E-state index contributed by atoms with van der Waals surface area (Å²) in [6.45, 7) is 3.98. The largest absolute Gasteiger partial charge is 0.491 e. The molecule has 1 heterocycles. The highest BCUT2D eigenvalue weighted by Crippen LogP contribution is 2.37. The van der Waals surface area contributed by atoms with E-state index in [2.05, 4.69) is 5.10 Å². The van der Waals surface area contributed by atoms with Gasteiger partial charge < -0.3 is 14.6 Å². The number of aromatic carboxylic acids is 1. The smallest absolute Gasteiger partial charge is 0.335 e. The highest BCUT2D eigenvalue weighted by molar-refractivity contribution is 6.33. The van der Waals surface area contributed by atoms with Crippen molar-refractivity contribution >= 4 is 41.0 Å². The number of carboxylic acids is 1. The van der Waals surface area contributed by atoms with Gasteiger partial charge in [-0.3, -0.25) is 4.79 Å². The van der Waals surface area contributed by atoms with Gasteiger partial charge in [-0.1, -0.05) is 17.7 Å². The number of nitrogens with zero attached hydrogens (tertiary/aromatic N) is 2. The standard InChI is InChI=1S/C21H19ClN2O5/c1-4-29-18-10-13(9-17(22)19(18)28-3)8-16-12(2)23-24(20(16)25)15-7-5-6-14(11-15)21(26)27/h5-11H,4H2,1-3H3,(H,26,27)/b16-8+. The molecule has 2 aromatic rings. The number of hydrogen-bond donors (Lipinski definition) is 1. The van der Waals surface area contributed by atoms with Crippen LogP contribution < -0.4 is 14.5 Å². The molecule has 0 unspecified atom stereocenters. The van der Waals surface area contributed by atoms with Crippen LogP contribution in [0.1, 0.15) is 29.8 Å². The summed E-state index contributed by atoms with van der Waals surface area (Å²) >= 11 is 6.28. The Morgan fingerprint density at radius 2 is 2.07 bits per heavy atom. The van der Waals surface area contributed by atoms with Gasteiger partial charge in [0, 0.05) is 0 Å². The van der Waals surface area contributed by atoms with Crippen LogP contribution in [0.2, 0.25) is 5.02 Å². The number of hydrogen-bond acceptors (Lipinski definition) is 5. The Balaban J connectivity index is 1.98. The van der Waals surface area contributed by atoms with E-state index < -0.39 is 5.97 Å². The highest BCUT2D eigenvalue weighted by Gasteiger charge is 2.29. The molecule has 0 saturated carbocycles. The predicted molar refractivity (Wildman–Crippen MR) is 111 cm³/mol. The highest BCUT2D eigenvalue weighted by atomic mass is 35.5. The average molecular weight is 415 g/mol. The number of anilines is 1. The van der Waals surface area contributed by atoms with Crippen LogP contribution in [0.3, 0.4) is 0 Å². The lowest BCUT2D eigenvalue weighted by molar-refractivity contribution is -0.114. The summed E-state index contributed by atoms with van der Waals surface area (Å²) in [6.07, 6.45) is 1.66. The minimum Gasteiger partial charge on any atom is -0.491 e. The molecule has 3 rings (SSSR count). The van der Waals surface area contributed by atoms with Gasteiger partial charge in [-0.25, -0.2) is 4.79 Å². The number of amides is 1. The van der Waals surface area contributed by atoms with E-state index in [9.17, 15) is 9.59 Å². The summed E-state index contributed by atoms with van der Waals surface area (Å²) in [5.74, 6) is -0.549. The minimum atomic E-state index is -1.08. The Bertz CT molecular complexity index is 1050. The van der Waals surface area contributed by atoms with E-state index in [4.69, 9.17) is 26.2 Å². The van der Waals surface area contributed by atoms with Gasteiger partial charge in [0.15, 0.2) is 11.5 Å². The molecule has 8 heteroatoms. The molecule has 0 radical (unpaired) electrons. The molecule has 0 bridgehead atoms. The van der Waals surface area contributed by atoms with Crippen LogP contribution in [-0.2, 0) is 4.79 Å². The molecule has 0 fully saturated rings. The van der Waals surface area contributed by atoms with Crippen LogP contribution in [0.4, 0.5) is 5.69 Å². The molecule has 1 amide bonds. The fourth-order valence-electron chi connectivity index (χ4n) is 2.93. The Labute approximate surface area is 172 Å². The van der Waals surface area contributed by atoms with E-state index in [0.717, 1.165) is 0 Å². The van der Waals surface area contributed by atoms with Crippen LogP contribution in [-0.4, -0.2) is 36.4 Å². The Kier molecular flexibility index (Phi) is 5.89. The van der Waals surface area contributed by atoms with Crippen LogP contribution in [0.25, 0.3) is 6.08 Å². The Hall–Kier alpha value is -3.32. The number of methoxy groups -OCH3 is 1. The van der Waals surface area contributed by atoms with E-state index in [1.54, 1.807) is 37.3 Å². The first-order valence-corrected chi connectivity index (χ1v) is 9.19. The van der Waals surface area contributed by atoms with Crippen LogP contribution in [0.5, 0.6) is 11.5 Å². The third-order valence-corrected chi connectivity index (χ3v) is 4.53. The maximum atomic E-state index is 12.9. The van der Waals surface area contributed by atoms with Crippen molar-refractivity contribution in [2.24, 2.45) is 5.10 Å². The molecular weight excluding hydrogens is 396 g/mol. The number of rotatable bonds is 6. The molecule has 1 aliphatic rings. The third kappa shape index (κ3) is 4.09. The van der Waals surface area contributed by atoms with Gasteiger partial charge in [-0.05, 0) is 55.8 Å². The van der Waals surface area contributed by atoms with Crippen LogP contribution in [0, 0.1) is 0 Å². The van der Waals surface area contributed by atoms with E-state index in [0.29, 0.717) is 45.7 Å². The van der Waals surface area contributed by atoms with Crippen LogP contribution in [0.15, 0.2) is 47.1 Å². The summed E-state index contributed by atoms with van der Waals surface area (Å²) in [7, 11) is 1.50. The fraction of sp³-hybridized carbons (Fsp3) is 0.190. The van der Waals surface area contributed by atoms with E-state index in [1.807, 2.05) is 6.92 Å². The molecule has 0 saturated heterocycles. The molecular formula is C21H19ClN2O5. The van der Waals surface area contributed by atoms with Crippen molar-refractivity contribution < 1.29 is 24.2 Å². The molecule has 2 aromatic carbocycles. The monoisotopic (exact) mass is 414 g/mol. The zero-order chi connectivity index (χ0) is 21.1. The first-order chi connectivity index (χ1) is 13.8. The Morgan fingerprint density at radius 1 is 1.31 bits per heavy atom. The quantitative estimate of drug-likeness (QED) is 0.714. The van der Waals surface area contributed by atoms with E-state index in [-0.39, 0.29) is 11.5 Å². The van der Waals surface area contributed by atoms with E-state index >= 15 is 0 Å². The topological polar surface area (TPSA) is 88.4 Å². The van der Waals surface area contributed by atoms with Crippen molar-refractivity contribution in [2.45, 2.75) is 13.8 Å². The maximum Gasteiger partial charge on any atom is 0.335 e. The van der Waals surface area contributed by atoms with Crippen molar-refractivity contribution in [1.82, 2.24) is 0 Å². The summed E-state index contributed by atoms with van der Waals surface area (Å²) in [4.78, 5) is 24.1. The molecule has 150 valence electrons. The molecule has 7 nitrogen and oxygen atoms in total. The number of hydrazone groups is 1. The normalized spacial score (nSPS) is 14.9. The molecule has 0 aliphatic carbocycles. The number of benzene rings is 2. The molecule has 29 heavy (non-hydrogen) atoms. The predicted octanol–water partition coefficient (Wildman–Crippen LogP) is 4.25. The van der Waals surface area contributed by atoms with E-state index in [1.165, 1.54) is 24.3 Å². The third-order valence-electron chi connectivity index (χ3n) is 4.25. The van der Waals surface area contributed by atoms with Crippen molar-refractivity contribution in [3.63, 3.8) is 0 Å². The maximum absolute atomic E-state index is 12.9. The van der Waals surface area contributed by atoms with Gasteiger partial charge in [0.1, 0.15) is 0 Å². The zero-order valence-electron chi connectivity index (χ0n) is 16.1. The molecule has 1 N–H and O–H groups in total. The van der Waals surface area contributed by atoms with Gasteiger partial charge in [0.25, 0.3) is 5.91 Å². The van der Waals surface area contributed by atoms with Crippen molar-refractivity contribution in [3.8, 4) is 11.5 Å². The molecule has 0 spiro atoms. The SMILES string of the molecule is CCOc1cc(/C=C2/C(=O)N(c3cccc(C(=O)O)c3)N=C2C)cc(Cl)c1OC. The number of halogens is 1. The van der Waals surface area contributed by atoms with Gasteiger partial charge in [0.05, 0.1) is 41.3 Å². The minimum absolute atomic E-state index is 0.0730. The Morgan fingerprint density at radius 3 is 2.72 bits per heavy atom. The lowest BCUT2D eigenvalue weighted by Crippen LogP contribution is -2.21. The lowest BCUT2D eigenvalue weighted by atomic mass is 10.1. The second kappa shape index (κ2) is 8.36. The van der Waals surface area contributed by atoms with Crippen molar-refractivity contribution in [3.05, 3.63) is 58.1 Å². The van der Waals surface area contributed by atoms with Gasteiger partial charge in [-0.2, -0.15) is 10.1 Å². The first-order valence-electron chi connectivity index (χ1n) is 8.81. The lowest BCUT2D eigenvalue weighted by Gasteiger charge is -2.13. The second-order valence-corrected chi connectivity index (χ2v) is 6.59. The number of carbonyl (C=O) groups is 2. The zero-order valence-corrected chi connectivity index (χ0v) is 16.9. The first kappa shape index (κ1) is 20.4. The molecule has 0 aromatic heterocycles. The molecule has 1 aliphatic heterocycles. The summed E-state index contributed by atoms with van der Waals surface area (Å²) in [5.41, 5.74) is 1.97. The van der Waals surface area contributed by atoms with Gasteiger partial charge >= 0.3 is 5.97 Å². The van der Waals surface area contributed by atoms with Crippen molar-refractivity contribution in [1.29, 1.82) is 0 Å². The average Bonchev–Trinajstić information content (AvgIpc) is 2.96. The number of ether oxygens (including phenoxy) is 2. The van der Waals surface area contributed by atoms with Gasteiger partial charge in [-0.15, -0.1) is 0 Å². The number of carboxylic acid groups (broad SMARTS) is 1. The number of carbonyl (C=O) groups excluding carboxylic acids is 1. The summed E-state index contributed by atoms with van der Waals surface area (Å²) in [5, 5.41) is 15.0.